The zero-order chi connectivity index (χ0) is 17.8. The number of alkyl halides is 2. The molecule has 0 unspecified atom stereocenters. The van der Waals surface area contributed by atoms with Crippen molar-refractivity contribution in [2.24, 2.45) is 0 Å². The molecule has 0 atom stereocenters. The number of hydrogen-bond donors (Lipinski definition) is 0. The first kappa shape index (κ1) is 16.7. The van der Waals surface area contributed by atoms with Crippen LogP contribution in [-0.4, -0.2) is 26.5 Å². The highest BCUT2D eigenvalue weighted by molar-refractivity contribution is 5.59. The van der Waals surface area contributed by atoms with Gasteiger partial charge in [-0.3, -0.25) is 4.79 Å². The molecule has 0 aliphatic rings. The predicted molar refractivity (Wildman–Crippen MR) is 83.3 cm³/mol. The molecule has 3 aromatic rings. The predicted octanol–water partition coefficient (Wildman–Crippen LogP) is 2.51. The lowest BCUT2D eigenvalue weighted by atomic mass is 10.1. The lowest BCUT2D eigenvalue weighted by Gasteiger charge is -2.07. The molecule has 3 rings (SSSR count). The van der Waals surface area contributed by atoms with Gasteiger partial charge in [-0.2, -0.15) is 18.9 Å². The van der Waals surface area contributed by atoms with E-state index in [2.05, 4.69) is 20.0 Å². The third-order valence-corrected chi connectivity index (χ3v) is 3.35. The molecular formula is C16H14F2N4O3. The van der Waals surface area contributed by atoms with E-state index in [0.29, 0.717) is 23.5 Å². The Bertz CT molecular complexity index is 906. The summed E-state index contributed by atoms with van der Waals surface area (Å²) in [5, 5.41) is 8.02. The number of ether oxygens (including phenoxy) is 1. The maximum atomic E-state index is 12.2. The zero-order valence-corrected chi connectivity index (χ0v) is 13.2. The van der Waals surface area contributed by atoms with Gasteiger partial charge in [-0.05, 0) is 30.3 Å². The van der Waals surface area contributed by atoms with Crippen LogP contribution in [0.3, 0.4) is 0 Å². The summed E-state index contributed by atoms with van der Waals surface area (Å²) in [4.78, 5) is 16.1. The van der Waals surface area contributed by atoms with Crippen LogP contribution in [0.2, 0.25) is 0 Å². The minimum atomic E-state index is -2.88. The molecule has 0 aliphatic carbocycles. The molecule has 0 saturated carbocycles. The van der Waals surface area contributed by atoms with E-state index in [1.54, 1.807) is 18.2 Å². The van der Waals surface area contributed by atoms with Gasteiger partial charge in [0, 0.05) is 18.1 Å². The molecule has 0 aliphatic heterocycles. The number of benzene rings is 1. The van der Waals surface area contributed by atoms with Crippen molar-refractivity contribution in [2.75, 3.05) is 0 Å². The van der Waals surface area contributed by atoms with E-state index in [4.69, 9.17) is 4.52 Å². The highest BCUT2D eigenvalue weighted by Crippen LogP contribution is 2.21. The fraction of sp³-hybridized carbons (Fsp3) is 0.250. The second-order valence-electron chi connectivity index (χ2n) is 5.08. The van der Waals surface area contributed by atoms with Crippen molar-refractivity contribution in [1.29, 1.82) is 0 Å². The van der Waals surface area contributed by atoms with Crippen molar-refractivity contribution >= 4 is 0 Å². The average Bonchev–Trinajstić information content (AvgIpc) is 3.05. The largest absolute Gasteiger partial charge is 0.435 e. The molecule has 0 radical (unpaired) electrons. The smallest absolute Gasteiger partial charge is 0.387 e. The Morgan fingerprint density at radius 2 is 1.96 bits per heavy atom. The van der Waals surface area contributed by atoms with Crippen LogP contribution >= 0.6 is 0 Å². The summed E-state index contributed by atoms with van der Waals surface area (Å²) < 4.78 is 34.9. The van der Waals surface area contributed by atoms with Gasteiger partial charge in [0.05, 0.1) is 5.69 Å². The monoisotopic (exact) mass is 348 g/mol. The molecule has 9 heteroatoms. The molecule has 7 nitrogen and oxygen atoms in total. The number of halogens is 2. The minimum absolute atomic E-state index is 0.0463. The fourth-order valence-corrected chi connectivity index (χ4v) is 2.15. The van der Waals surface area contributed by atoms with Crippen LogP contribution in [0.5, 0.6) is 5.75 Å². The molecule has 2 aromatic heterocycles. The highest BCUT2D eigenvalue weighted by atomic mass is 19.3. The van der Waals surface area contributed by atoms with Gasteiger partial charge in [-0.1, -0.05) is 12.1 Å². The molecule has 0 bridgehead atoms. The van der Waals surface area contributed by atoms with Crippen molar-refractivity contribution in [3.05, 3.63) is 58.5 Å². The van der Waals surface area contributed by atoms with Gasteiger partial charge < -0.3 is 9.26 Å². The molecule has 0 amide bonds. The van der Waals surface area contributed by atoms with Crippen LogP contribution in [0.25, 0.3) is 11.3 Å². The van der Waals surface area contributed by atoms with Crippen molar-refractivity contribution in [1.82, 2.24) is 19.9 Å². The highest BCUT2D eigenvalue weighted by Gasteiger charge is 2.10. The minimum Gasteiger partial charge on any atom is -0.435 e. The average molecular weight is 348 g/mol. The summed E-state index contributed by atoms with van der Waals surface area (Å²) in [6.45, 7) is -0.943. The van der Waals surface area contributed by atoms with E-state index in [1.807, 2.05) is 6.92 Å². The standard InChI is InChI=1S/C16H14F2N4O3/c1-2-13-19-14(25-21-13)9-22-15(23)8-7-12(20-22)10-3-5-11(6-4-10)24-16(17)18/h3-8,16H,2,9H2,1H3. The summed E-state index contributed by atoms with van der Waals surface area (Å²) in [5.41, 5.74) is 0.825. The summed E-state index contributed by atoms with van der Waals surface area (Å²) in [6.07, 6.45) is 0.624. The number of nitrogens with zero attached hydrogens (tertiary/aromatic N) is 4. The van der Waals surface area contributed by atoms with Crippen LogP contribution < -0.4 is 10.3 Å². The van der Waals surface area contributed by atoms with E-state index < -0.39 is 6.61 Å². The van der Waals surface area contributed by atoms with Gasteiger partial charge in [0.1, 0.15) is 12.3 Å². The normalized spacial score (nSPS) is 11.0. The summed E-state index contributed by atoms with van der Waals surface area (Å²) in [5.74, 6) is 0.878. The second kappa shape index (κ2) is 7.20. The summed E-state index contributed by atoms with van der Waals surface area (Å²) in [6, 6.07) is 8.89. The summed E-state index contributed by atoms with van der Waals surface area (Å²) >= 11 is 0. The Balaban J connectivity index is 1.84. The third-order valence-electron chi connectivity index (χ3n) is 3.35. The third kappa shape index (κ3) is 4.06. The van der Waals surface area contributed by atoms with Gasteiger partial charge >= 0.3 is 6.61 Å². The first-order chi connectivity index (χ1) is 12.0. The molecule has 1 aromatic carbocycles. The van der Waals surface area contributed by atoms with E-state index in [9.17, 15) is 13.6 Å². The first-order valence-electron chi connectivity index (χ1n) is 7.50. The van der Waals surface area contributed by atoms with Crippen LogP contribution in [0.4, 0.5) is 8.78 Å². The van der Waals surface area contributed by atoms with Gasteiger partial charge in [-0.25, -0.2) is 4.68 Å². The number of aromatic nitrogens is 4. The van der Waals surface area contributed by atoms with Gasteiger partial charge in [0.15, 0.2) is 5.82 Å². The van der Waals surface area contributed by atoms with Crippen LogP contribution in [0, 0.1) is 0 Å². The van der Waals surface area contributed by atoms with Gasteiger partial charge in [-0.15, -0.1) is 0 Å². The van der Waals surface area contributed by atoms with Crippen molar-refractivity contribution in [2.45, 2.75) is 26.5 Å². The SMILES string of the molecule is CCc1noc(Cn2nc(-c3ccc(OC(F)F)cc3)ccc2=O)n1. The lowest BCUT2D eigenvalue weighted by Crippen LogP contribution is -2.23. The Labute approximate surface area is 140 Å². The molecule has 2 heterocycles. The number of aryl methyl sites for hydroxylation is 1. The van der Waals surface area contributed by atoms with Crippen LogP contribution in [0.15, 0.2) is 45.7 Å². The summed E-state index contributed by atoms with van der Waals surface area (Å²) in [7, 11) is 0. The number of rotatable bonds is 6. The molecule has 0 N–H and O–H groups in total. The van der Waals surface area contributed by atoms with Gasteiger partial charge in [0.25, 0.3) is 5.56 Å². The molecule has 130 valence electrons. The Morgan fingerprint density at radius 1 is 1.20 bits per heavy atom. The quantitative estimate of drug-likeness (QED) is 0.681. The van der Waals surface area contributed by atoms with Crippen molar-refractivity contribution in [3.63, 3.8) is 0 Å². The molecule has 0 spiro atoms. The second-order valence-corrected chi connectivity index (χ2v) is 5.08. The van der Waals surface area contributed by atoms with E-state index in [1.165, 1.54) is 22.9 Å². The first-order valence-corrected chi connectivity index (χ1v) is 7.50. The van der Waals surface area contributed by atoms with E-state index >= 15 is 0 Å². The molecular weight excluding hydrogens is 334 g/mol. The van der Waals surface area contributed by atoms with Crippen molar-refractivity contribution < 1.29 is 18.0 Å². The number of hydrogen-bond acceptors (Lipinski definition) is 6. The fourth-order valence-electron chi connectivity index (χ4n) is 2.15. The molecule has 25 heavy (non-hydrogen) atoms. The van der Waals surface area contributed by atoms with E-state index in [-0.39, 0.29) is 23.7 Å². The van der Waals surface area contributed by atoms with Crippen molar-refractivity contribution in [3.8, 4) is 17.0 Å². The van der Waals surface area contributed by atoms with Crippen LogP contribution in [-0.2, 0) is 13.0 Å². The zero-order valence-electron chi connectivity index (χ0n) is 13.2. The van der Waals surface area contributed by atoms with Crippen LogP contribution in [0.1, 0.15) is 18.6 Å². The molecule has 0 fully saturated rings. The Hall–Kier alpha value is -3.10. The maximum absolute atomic E-state index is 12.2. The Morgan fingerprint density at radius 3 is 2.60 bits per heavy atom. The Kier molecular flexibility index (Phi) is 4.82. The maximum Gasteiger partial charge on any atom is 0.387 e. The lowest BCUT2D eigenvalue weighted by molar-refractivity contribution is -0.0498. The molecule has 0 saturated heterocycles. The topological polar surface area (TPSA) is 83.0 Å². The van der Waals surface area contributed by atoms with E-state index in [0.717, 1.165) is 0 Å². The van der Waals surface area contributed by atoms with Gasteiger partial charge in [0.2, 0.25) is 5.89 Å².